The number of benzene rings is 4. The van der Waals surface area contributed by atoms with E-state index in [9.17, 15) is 22.3 Å². The Morgan fingerprint density at radius 2 is 1.42 bits per heavy atom. The third-order valence-electron chi connectivity index (χ3n) is 9.21. The number of allylic oxidation sites excluding steroid dienone is 2. The lowest BCUT2D eigenvalue weighted by atomic mass is 9.68. The van der Waals surface area contributed by atoms with E-state index < -0.39 is 43.4 Å². The fraction of sp³-hybridized carbons (Fsp3) is 0.250. The quantitative estimate of drug-likeness (QED) is 0.212. The second-order valence-electron chi connectivity index (χ2n) is 12.0. The van der Waals surface area contributed by atoms with Gasteiger partial charge in [0.2, 0.25) is 0 Å². The van der Waals surface area contributed by atoms with E-state index in [1.807, 2.05) is 37.3 Å². The summed E-state index contributed by atoms with van der Waals surface area (Å²) in [5, 5.41) is 0.0842. The predicted molar refractivity (Wildman–Crippen MR) is 182 cm³/mol. The molecule has 2 aliphatic carbocycles. The van der Waals surface area contributed by atoms with Gasteiger partial charge in [-0.1, -0.05) is 83.4 Å². The van der Waals surface area contributed by atoms with E-state index in [2.05, 4.69) is 0 Å². The molecule has 1 fully saturated rings. The summed E-state index contributed by atoms with van der Waals surface area (Å²) in [7, 11) is -7.49. The van der Waals surface area contributed by atoms with E-state index >= 15 is 0 Å². The molecule has 4 aromatic carbocycles. The number of rotatable bonds is 6. The molecule has 2 aliphatic rings. The van der Waals surface area contributed by atoms with Gasteiger partial charge >= 0.3 is 0 Å². The molecule has 4 aromatic rings. The number of Topliss-reactive ketones (excluding diaryl/α,β-unsaturated/α-hetero) is 1. The standard InChI is InChI=1S/C36H34Cl2O5S2/c1-22-10-16-28(17-11-22)44(40,41)36-30(25-7-5-8-27(38)18-25)20-33(39)31-21-35(45(42,43)34-9-4-3-6-23(34)2)29(19-32(31)36)24-12-14-26(37)15-13-24/h3-18,29-31,35,40-41H,19-21H2,1-2H3. The maximum Gasteiger partial charge on any atom is 0.182 e. The van der Waals surface area contributed by atoms with E-state index in [0.29, 0.717) is 36.5 Å². The van der Waals surface area contributed by atoms with Crippen LogP contribution in [0.5, 0.6) is 0 Å². The number of ketones is 1. The highest BCUT2D eigenvalue weighted by atomic mass is 35.5. The maximum absolute atomic E-state index is 14.4. The highest BCUT2D eigenvalue weighted by molar-refractivity contribution is 8.27. The van der Waals surface area contributed by atoms with Crippen LogP contribution in [0.1, 0.15) is 53.4 Å². The normalized spacial score (nSPS) is 22.7. The van der Waals surface area contributed by atoms with E-state index in [-0.39, 0.29) is 29.9 Å². The first-order valence-electron chi connectivity index (χ1n) is 14.8. The molecule has 0 aliphatic heterocycles. The Labute approximate surface area is 276 Å². The lowest BCUT2D eigenvalue weighted by Crippen LogP contribution is -2.42. The summed E-state index contributed by atoms with van der Waals surface area (Å²) >= 11 is 12.6. The Hall–Kier alpha value is -2.91. The minimum Gasteiger partial charge on any atom is -0.299 e. The zero-order chi connectivity index (χ0) is 32.1. The molecule has 5 nitrogen and oxygen atoms in total. The third kappa shape index (κ3) is 6.02. The molecule has 0 heterocycles. The topological polar surface area (TPSA) is 91.7 Å². The number of fused-ring (bicyclic) bond motifs is 1. The van der Waals surface area contributed by atoms with E-state index in [1.165, 1.54) is 0 Å². The molecule has 0 aromatic heterocycles. The molecule has 0 saturated heterocycles. The van der Waals surface area contributed by atoms with Crippen LogP contribution in [0.4, 0.5) is 0 Å². The molecule has 45 heavy (non-hydrogen) atoms. The molecule has 9 heteroatoms. The van der Waals surface area contributed by atoms with Crippen molar-refractivity contribution in [2.75, 3.05) is 0 Å². The van der Waals surface area contributed by atoms with Gasteiger partial charge in [0.1, 0.15) is 5.78 Å². The van der Waals surface area contributed by atoms with Crippen LogP contribution in [0, 0.1) is 19.8 Å². The Balaban J connectivity index is 1.59. The van der Waals surface area contributed by atoms with Crippen molar-refractivity contribution in [2.24, 2.45) is 5.92 Å². The second kappa shape index (κ2) is 12.4. The fourth-order valence-corrected chi connectivity index (χ4v) is 11.5. The molecule has 0 amide bonds. The van der Waals surface area contributed by atoms with Crippen LogP contribution < -0.4 is 0 Å². The highest BCUT2D eigenvalue weighted by Crippen LogP contribution is 2.66. The van der Waals surface area contributed by atoms with Gasteiger partial charge in [-0.25, -0.2) is 8.42 Å². The molecular formula is C36H34Cl2O5S2. The third-order valence-corrected chi connectivity index (χ3v) is 14.2. The second-order valence-corrected chi connectivity index (χ2v) is 17.0. The summed E-state index contributed by atoms with van der Waals surface area (Å²) in [6.07, 6.45) is 0.212. The maximum atomic E-state index is 14.4. The summed E-state index contributed by atoms with van der Waals surface area (Å²) < 4.78 is 53.2. The minimum absolute atomic E-state index is 0.00825. The molecule has 2 N–H and O–H groups in total. The molecular weight excluding hydrogens is 647 g/mol. The number of halogens is 2. The summed E-state index contributed by atoms with van der Waals surface area (Å²) in [6.45, 7) is 3.70. The highest BCUT2D eigenvalue weighted by Gasteiger charge is 2.50. The summed E-state index contributed by atoms with van der Waals surface area (Å²) in [4.78, 5) is 15.1. The number of carbonyl (C=O) groups excluding carboxylic acids is 1. The fourth-order valence-electron chi connectivity index (χ4n) is 6.96. The van der Waals surface area contributed by atoms with Crippen LogP contribution >= 0.6 is 33.8 Å². The van der Waals surface area contributed by atoms with Gasteiger partial charge in [-0.2, -0.15) is 0 Å². The molecule has 0 radical (unpaired) electrons. The van der Waals surface area contributed by atoms with Gasteiger partial charge in [0.05, 0.1) is 15.0 Å². The van der Waals surface area contributed by atoms with Crippen molar-refractivity contribution in [1.29, 1.82) is 0 Å². The lowest BCUT2D eigenvalue weighted by Gasteiger charge is -2.48. The van der Waals surface area contributed by atoms with Crippen molar-refractivity contribution in [3.05, 3.63) is 140 Å². The largest absolute Gasteiger partial charge is 0.299 e. The molecule has 4 unspecified atom stereocenters. The first-order chi connectivity index (χ1) is 21.4. The lowest BCUT2D eigenvalue weighted by molar-refractivity contribution is -0.123. The molecule has 6 rings (SSSR count). The Bertz CT molecular complexity index is 1900. The van der Waals surface area contributed by atoms with Gasteiger partial charge in [-0.3, -0.25) is 13.9 Å². The molecule has 0 bridgehead atoms. The smallest absolute Gasteiger partial charge is 0.182 e. The summed E-state index contributed by atoms with van der Waals surface area (Å²) in [5.41, 5.74) is 3.68. The average molecular weight is 682 g/mol. The summed E-state index contributed by atoms with van der Waals surface area (Å²) in [6, 6.07) is 28.2. The number of aryl methyl sites for hydroxylation is 2. The van der Waals surface area contributed by atoms with Crippen LogP contribution in [-0.4, -0.2) is 28.6 Å². The van der Waals surface area contributed by atoms with E-state index in [1.54, 1.807) is 73.7 Å². The number of hydrogen-bond acceptors (Lipinski definition) is 5. The van der Waals surface area contributed by atoms with Crippen molar-refractivity contribution in [2.45, 2.75) is 60.0 Å². The van der Waals surface area contributed by atoms with Crippen molar-refractivity contribution < 1.29 is 22.3 Å². The molecule has 1 saturated carbocycles. The van der Waals surface area contributed by atoms with Crippen LogP contribution in [0.3, 0.4) is 0 Å². The van der Waals surface area contributed by atoms with Crippen molar-refractivity contribution in [1.82, 2.24) is 0 Å². The van der Waals surface area contributed by atoms with Gasteiger partial charge in [0.25, 0.3) is 0 Å². The molecule has 4 atom stereocenters. The Kier molecular flexibility index (Phi) is 8.80. The summed E-state index contributed by atoms with van der Waals surface area (Å²) in [5.74, 6) is -2.09. The van der Waals surface area contributed by atoms with E-state index in [0.717, 1.165) is 11.1 Å². The number of sulfone groups is 1. The van der Waals surface area contributed by atoms with Crippen molar-refractivity contribution >= 4 is 49.4 Å². The van der Waals surface area contributed by atoms with Crippen LogP contribution in [0.15, 0.2) is 117 Å². The van der Waals surface area contributed by atoms with Crippen LogP contribution in [-0.2, 0) is 14.6 Å². The van der Waals surface area contributed by atoms with Crippen LogP contribution in [0.2, 0.25) is 10.0 Å². The van der Waals surface area contributed by atoms with Gasteiger partial charge in [0.15, 0.2) is 9.84 Å². The molecule has 0 spiro atoms. The number of hydrogen-bond donors (Lipinski definition) is 2. The number of carbonyl (C=O) groups is 1. The van der Waals surface area contributed by atoms with E-state index in [4.69, 9.17) is 23.2 Å². The van der Waals surface area contributed by atoms with Gasteiger partial charge in [0, 0.05) is 39.1 Å². The predicted octanol–water partition coefficient (Wildman–Crippen LogP) is 9.77. The first-order valence-corrected chi connectivity index (χ1v) is 18.6. The Morgan fingerprint density at radius 1 is 0.733 bits per heavy atom. The zero-order valence-electron chi connectivity index (χ0n) is 24.9. The Morgan fingerprint density at radius 3 is 2.09 bits per heavy atom. The van der Waals surface area contributed by atoms with Gasteiger partial charge in [-0.05, 0) is 91.4 Å². The zero-order valence-corrected chi connectivity index (χ0v) is 28.0. The van der Waals surface area contributed by atoms with Gasteiger partial charge in [-0.15, -0.1) is 10.6 Å². The monoisotopic (exact) mass is 680 g/mol. The average Bonchev–Trinajstić information content (AvgIpc) is 3.01. The van der Waals surface area contributed by atoms with Crippen LogP contribution in [0.25, 0.3) is 0 Å². The first kappa shape index (κ1) is 32.0. The SMILES string of the molecule is Cc1ccc(S(O)(O)C2=C3CC(c4ccc(Cl)cc4)C(S(=O)(=O)c4ccccc4C)CC3C(=O)CC2c2cccc(Cl)c2)cc1. The minimum atomic E-state index is -3.90. The van der Waals surface area contributed by atoms with Crippen molar-refractivity contribution in [3.63, 3.8) is 0 Å². The molecule has 234 valence electrons. The van der Waals surface area contributed by atoms with Gasteiger partial charge < -0.3 is 0 Å². The van der Waals surface area contributed by atoms with Crippen molar-refractivity contribution in [3.8, 4) is 0 Å².